The molecule has 2 aromatic rings. The number of rotatable bonds is 6. The van der Waals surface area contributed by atoms with Crippen molar-refractivity contribution in [2.45, 2.75) is 6.92 Å². The number of nitro benzene ring substituents is 1. The largest absolute Gasteiger partial charge is 0.491 e. The van der Waals surface area contributed by atoms with Gasteiger partial charge in [0.2, 0.25) is 0 Å². The van der Waals surface area contributed by atoms with Crippen LogP contribution in [-0.2, 0) is 0 Å². The highest BCUT2D eigenvalue weighted by Gasteiger charge is 2.10. The summed E-state index contributed by atoms with van der Waals surface area (Å²) in [5, 5.41) is 13.3. The molecule has 6 nitrogen and oxygen atoms in total. The Hall–Kier alpha value is -2.89. The van der Waals surface area contributed by atoms with Crippen molar-refractivity contribution in [2.24, 2.45) is 0 Å². The Bertz CT molecular complexity index is 685. The summed E-state index contributed by atoms with van der Waals surface area (Å²) < 4.78 is 5.56. The quantitative estimate of drug-likeness (QED) is 0.505. The molecule has 2 aromatic carbocycles. The minimum atomic E-state index is -0.530. The first kappa shape index (κ1) is 15.5. The van der Waals surface area contributed by atoms with Crippen molar-refractivity contribution in [1.82, 2.24) is 5.32 Å². The third-order valence-corrected chi connectivity index (χ3v) is 3.06. The van der Waals surface area contributed by atoms with E-state index in [1.807, 2.05) is 31.2 Å². The van der Waals surface area contributed by atoms with Crippen LogP contribution in [0.1, 0.15) is 15.9 Å². The topological polar surface area (TPSA) is 81.5 Å². The average molecular weight is 300 g/mol. The summed E-state index contributed by atoms with van der Waals surface area (Å²) in [6.07, 6.45) is 0. The number of para-hydroxylation sites is 1. The number of aryl methyl sites for hydroxylation is 1. The van der Waals surface area contributed by atoms with E-state index < -0.39 is 4.92 Å². The molecule has 0 saturated carbocycles. The summed E-state index contributed by atoms with van der Waals surface area (Å²) in [7, 11) is 0. The molecule has 0 aliphatic heterocycles. The van der Waals surface area contributed by atoms with Crippen LogP contribution in [0.4, 0.5) is 5.69 Å². The monoisotopic (exact) mass is 300 g/mol. The number of hydrogen-bond donors (Lipinski definition) is 1. The minimum absolute atomic E-state index is 0.108. The van der Waals surface area contributed by atoms with Gasteiger partial charge in [0.25, 0.3) is 11.6 Å². The lowest BCUT2D eigenvalue weighted by Crippen LogP contribution is -2.28. The smallest absolute Gasteiger partial charge is 0.270 e. The molecule has 0 unspecified atom stereocenters. The molecule has 0 radical (unpaired) electrons. The van der Waals surface area contributed by atoms with E-state index in [-0.39, 0.29) is 17.2 Å². The lowest BCUT2D eigenvalue weighted by atomic mass is 10.2. The fourth-order valence-corrected chi connectivity index (χ4v) is 1.91. The molecule has 6 heteroatoms. The van der Waals surface area contributed by atoms with E-state index in [1.165, 1.54) is 24.3 Å². The highest BCUT2D eigenvalue weighted by atomic mass is 16.6. The summed E-state index contributed by atoms with van der Waals surface area (Å²) in [5.74, 6) is 0.407. The zero-order valence-electron chi connectivity index (χ0n) is 12.1. The SMILES string of the molecule is Cc1ccccc1OCCNC(=O)c1cccc([N+](=O)[O-])c1. The Balaban J connectivity index is 1.84. The fourth-order valence-electron chi connectivity index (χ4n) is 1.91. The van der Waals surface area contributed by atoms with Crippen molar-refractivity contribution in [1.29, 1.82) is 0 Å². The molecular formula is C16H16N2O4. The van der Waals surface area contributed by atoms with Gasteiger partial charge in [0, 0.05) is 17.7 Å². The van der Waals surface area contributed by atoms with Crippen molar-refractivity contribution in [3.8, 4) is 5.75 Å². The summed E-state index contributed by atoms with van der Waals surface area (Å²) in [6, 6.07) is 13.2. The molecule has 0 spiro atoms. The van der Waals surface area contributed by atoms with Gasteiger partial charge in [-0.25, -0.2) is 0 Å². The molecule has 0 bridgehead atoms. The van der Waals surface area contributed by atoms with Crippen LogP contribution in [0.2, 0.25) is 0 Å². The van der Waals surface area contributed by atoms with Crippen LogP contribution in [0.3, 0.4) is 0 Å². The number of nitrogens with one attached hydrogen (secondary N) is 1. The molecule has 0 aromatic heterocycles. The molecule has 0 heterocycles. The van der Waals surface area contributed by atoms with Gasteiger partial charge in [-0.2, -0.15) is 0 Å². The van der Waals surface area contributed by atoms with Crippen LogP contribution >= 0.6 is 0 Å². The number of carbonyl (C=O) groups excluding carboxylic acids is 1. The predicted molar refractivity (Wildman–Crippen MR) is 82.1 cm³/mol. The van der Waals surface area contributed by atoms with Crippen LogP contribution in [0.15, 0.2) is 48.5 Å². The van der Waals surface area contributed by atoms with Crippen molar-refractivity contribution < 1.29 is 14.5 Å². The molecule has 0 aliphatic carbocycles. The number of benzene rings is 2. The van der Waals surface area contributed by atoms with E-state index in [4.69, 9.17) is 4.74 Å². The van der Waals surface area contributed by atoms with E-state index in [0.717, 1.165) is 11.3 Å². The van der Waals surface area contributed by atoms with Gasteiger partial charge in [-0.1, -0.05) is 24.3 Å². The predicted octanol–water partition coefficient (Wildman–Crippen LogP) is 2.71. The first-order chi connectivity index (χ1) is 10.6. The van der Waals surface area contributed by atoms with Crippen molar-refractivity contribution in [3.63, 3.8) is 0 Å². The maximum atomic E-state index is 11.9. The molecular weight excluding hydrogens is 284 g/mol. The summed E-state index contributed by atoms with van der Waals surface area (Å²) >= 11 is 0. The van der Waals surface area contributed by atoms with Gasteiger partial charge >= 0.3 is 0 Å². The van der Waals surface area contributed by atoms with Gasteiger partial charge in [0.1, 0.15) is 12.4 Å². The van der Waals surface area contributed by atoms with Crippen molar-refractivity contribution in [2.75, 3.05) is 13.2 Å². The van der Waals surface area contributed by atoms with Gasteiger partial charge in [-0.3, -0.25) is 14.9 Å². The second-order valence-electron chi connectivity index (χ2n) is 4.68. The van der Waals surface area contributed by atoms with Crippen LogP contribution in [0.5, 0.6) is 5.75 Å². The Morgan fingerprint density at radius 3 is 2.73 bits per heavy atom. The normalized spacial score (nSPS) is 10.0. The zero-order valence-corrected chi connectivity index (χ0v) is 12.1. The van der Waals surface area contributed by atoms with Crippen LogP contribution in [-0.4, -0.2) is 24.0 Å². The molecule has 0 aliphatic rings. The third-order valence-electron chi connectivity index (χ3n) is 3.06. The van der Waals surface area contributed by atoms with E-state index in [0.29, 0.717) is 13.2 Å². The molecule has 2 rings (SSSR count). The molecule has 1 amide bonds. The molecule has 0 fully saturated rings. The standard InChI is InChI=1S/C16H16N2O4/c1-12-5-2-3-8-15(12)22-10-9-17-16(19)13-6-4-7-14(11-13)18(20)21/h2-8,11H,9-10H2,1H3,(H,17,19). The highest BCUT2D eigenvalue weighted by Crippen LogP contribution is 2.16. The van der Waals surface area contributed by atoms with Gasteiger partial charge < -0.3 is 10.1 Å². The molecule has 0 atom stereocenters. The van der Waals surface area contributed by atoms with Crippen LogP contribution < -0.4 is 10.1 Å². The van der Waals surface area contributed by atoms with E-state index in [2.05, 4.69) is 5.32 Å². The maximum Gasteiger partial charge on any atom is 0.270 e. The summed E-state index contributed by atoms with van der Waals surface area (Å²) in [4.78, 5) is 22.1. The number of nitro groups is 1. The van der Waals surface area contributed by atoms with Crippen molar-refractivity contribution >= 4 is 11.6 Å². The van der Waals surface area contributed by atoms with E-state index in [9.17, 15) is 14.9 Å². The van der Waals surface area contributed by atoms with Gasteiger partial charge in [-0.15, -0.1) is 0 Å². The van der Waals surface area contributed by atoms with E-state index >= 15 is 0 Å². The Morgan fingerprint density at radius 2 is 2.00 bits per heavy atom. The number of carbonyl (C=O) groups is 1. The number of non-ortho nitro benzene ring substituents is 1. The molecule has 0 saturated heterocycles. The second-order valence-corrected chi connectivity index (χ2v) is 4.68. The summed E-state index contributed by atoms with van der Waals surface area (Å²) in [6.45, 7) is 2.58. The Labute approximate surface area is 127 Å². The first-order valence-corrected chi connectivity index (χ1v) is 6.79. The van der Waals surface area contributed by atoms with Crippen LogP contribution in [0.25, 0.3) is 0 Å². The van der Waals surface area contributed by atoms with Crippen molar-refractivity contribution in [3.05, 3.63) is 69.8 Å². The van der Waals surface area contributed by atoms with Gasteiger partial charge in [-0.05, 0) is 24.6 Å². The second kappa shape index (κ2) is 7.21. The third kappa shape index (κ3) is 4.05. The maximum absolute atomic E-state index is 11.9. The number of nitrogens with zero attached hydrogens (tertiary/aromatic N) is 1. The van der Waals surface area contributed by atoms with Crippen LogP contribution in [0, 0.1) is 17.0 Å². The average Bonchev–Trinajstić information content (AvgIpc) is 2.53. The first-order valence-electron chi connectivity index (χ1n) is 6.79. The number of ether oxygens (including phenoxy) is 1. The molecule has 1 N–H and O–H groups in total. The molecule has 114 valence electrons. The highest BCUT2D eigenvalue weighted by molar-refractivity contribution is 5.94. The number of hydrogen-bond acceptors (Lipinski definition) is 4. The summed E-state index contributed by atoms with van der Waals surface area (Å²) in [5.41, 5.74) is 1.17. The Kier molecular flexibility index (Phi) is 5.08. The molecule has 22 heavy (non-hydrogen) atoms. The number of amides is 1. The van der Waals surface area contributed by atoms with E-state index in [1.54, 1.807) is 0 Å². The van der Waals surface area contributed by atoms with Gasteiger partial charge in [0.05, 0.1) is 11.5 Å². The lowest BCUT2D eigenvalue weighted by molar-refractivity contribution is -0.384. The van der Waals surface area contributed by atoms with Gasteiger partial charge in [0.15, 0.2) is 0 Å². The Morgan fingerprint density at radius 1 is 1.23 bits per heavy atom. The fraction of sp³-hybridized carbons (Fsp3) is 0.188. The minimum Gasteiger partial charge on any atom is -0.491 e. The lowest BCUT2D eigenvalue weighted by Gasteiger charge is -2.09. The zero-order chi connectivity index (χ0) is 15.9.